The molecular weight excluding hydrogens is 226 g/mol. The molecule has 1 aromatic rings. The normalized spacial score (nSPS) is 20.4. The number of nitrogens with zero attached hydrogens (tertiary/aromatic N) is 2. The van der Waals surface area contributed by atoms with E-state index in [2.05, 4.69) is 15.3 Å². The molecule has 86 valence electrons. The summed E-state index contributed by atoms with van der Waals surface area (Å²) in [5.41, 5.74) is -0.00178. The van der Waals surface area contributed by atoms with E-state index in [-0.39, 0.29) is 5.69 Å². The summed E-state index contributed by atoms with van der Waals surface area (Å²) in [6.45, 7) is 0. The first-order valence-corrected chi connectivity index (χ1v) is 6.31. The Balaban J connectivity index is 2.10. The number of aromatic carboxylic acids is 1. The molecule has 1 unspecified atom stereocenters. The second kappa shape index (κ2) is 5.16. The number of anilines is 1. The van der Waals surface area contributed by atoms with Gasteiger partial charge in [0, 0.05) is 24.2 Å². The third kappa shape index (κ3) is 2.63. The maximum absolute atomic E-state index is 10.9. The van der Waals surface area contributed by atoms with E-state index in [1.54, 1.807) is 0 Å². The Labute approximate surface area is 97.7 Å². The zero-order chi connectivity index (χ0) is 11.4. The predicted octanol–water partition coefficient (Wildman–Crippen LogP) is 1.48. The molecule has 2 N–H and O–H groups in total. The number of aromatic nitrogens is 2. The van der Waals surface area contributed by atoms with Crippen molar-refractivity contribution in [3.63, 3.8) is 0 Å². The second-order valence-corrected chi connectivity index (χ2v) is 4.77. The topological polar surface area (TPSA) is 75.1 Å². The Kier molecular flexibility index (Phi) is 3.61. The van der Waals surface area contributed by atoms with Gasteiger partial charge in [-0.25, -0.2) is 14.8 Å². The molecule has 0 radical (unpaired) electrons. The van der Waals surface area contributed by atoms with Crippen molar-refractivity contribution in [1.29, 1.82) is 0 Å². The summed E-state index contributed by atoms with van der Waals surface area (Å²) >= 11 is 1.88. The van der Waals surface area contributed by atoms with Gasteiger partial charge in [-0.1, -0.05) is 0 Å². The molecule has 1 saturated heterocycles. The Bertz CT molecular complexity index is 380. The van der Waals surface area contributed by atoms with Gasteiger partial charge >= 0.3 is 5.97 Å². The first kappa shape index (κ1) is 11.2. The summed E-state index contributed by atoms with van der Waals surface area (Å²) in [7, 11) is 0. The minimum atomic E-state index is -1.04. The Hall–Kier alpha value is -1.30. The molecule has 1 fully saturated rings. The van der Waals surface area contributed by atoms with Crippen LogP contribution in [0.1, 0.15) is 23.3 Å². The summed E-state index contributed by atoms with van der Waals surface area (Å²) in [5.74, 6) is 1.52. The molecule has 0 amide bonds. The van der Waals surface area contributed by atoms with Crippen molar-refractivity contribution in [2.24, 2.45) is 0 Å². The lowest BCUT2D eigenvalue weighted by molar-refractivity contribution is 0.0691. The number of carboxylic acid groups (broad SMARTS) is 1. The number of carbonyl (C=O) groups is 1. The molecule has 0 aromatic carbocycles. The number of rotatable bonds is 3. The molecule has 0 saturated carbocycles. The molecule has 0 aliphatic carbocycles. The molecule has 1 aromatic heterocycles. The van der Waals surface area contributed by atoms with Gasteiger partial charge in [0.15, 0.2) is 11.5 Å². The average Bonchev–Trinajstić information content (AvgIpc) is 2.31. The van der Waals surface area contributed by atoms with E-state index >= 15 is 0 Å². The number of carboxylic acids is 1. The largest absolute Gasteiger partial charge is 0.476 e. The van der Waals surface area contributed by atoms with Gasteiger partial charge in [0.1, 0.15) is 0 Å². The lowest BCUT2D eigenvalue weighted by Gasteiger charge is -2.23. The van der Waals surface area contributed by atoms with E-state index in [0.29, 0.717) is 11.9 Å². The van der Waals surface area contributed by atoms with Gasteiger partial charge in [0.05, 0.1) is 0 Å². The number of nitrogens with one attached hydrogen (secondary N) is 1. The molecule has 6 heteroatoms. The van der Waals surface area contributed by atoms with Gasteiger partial charge in [-0.2, -0.15) is 11.8 Å². The van der Waals surface area contributed by atoms with Gasteiger partial charge in [0.25, 0.3) is 0 Å². The fourth-order valence-electron chi connectivity index (χ4n) is 1.65. The Morgan fingerprint density at radius 3 is 3.00 bits per heavy atom. The van der Waals surface area contributed by atoms with Gasteiger partial charge < -0.3 is 10.4 Å². The zero-order valence-electron chi connectivity index (χ0n) is 8.72. The molecule has 1 aliphatic rings. The second-order valence-electron chi connectivity index (χ2n) is 3.62. The molecule has 0 bridgehead atoms. The lowest BCUT2D eigenvalue weighted by atomic mass is 10.2. The highest BCUT2D eigenvalue weighted by Crippen LogP contribution is 2.20. The van der Waals surface area contributed by atoms with Gasteiger partial charge in [0.2, 0.25) is 0 Å². The van der Waals surface area contributed by atoms with Crippen molar-refractivity contribution in [2.45, 2.75) is 18.9 Å². The van der Waals surface area contributed by atoms with Crippen molar-refractivity contribution in [1.82, 2.24) is 9.97 Å². The van der Waals surface area contributed by atoms with Crippen LogP contribution in [0, 0.1) is 0 Å². The minimum Gasteiger partial charge on any atom is -0.476 e. The predicted molar refractivity (Wildman–Crippen MR) is 63.0 cm³/mol. The highest BCUT2D eigenvalue weighted by Gasteiger charge is 2.18. The average molecular weight is 239 g/mol. The smallest absolute Gasteiger partial charge is 0.358 e. The van der Waals surface area contributed by atoms with Gasteiger partial charge in [-0.05, 0) is 18.6 Å². The molecule has 2 heterocycles. The monoisotopic (exact) mass is 239 g/mol. The summed E-state index contributed by atoms with van der Waals surface area (Å²) in [5, 5.41) is 12.1. The Morgan fingerprint density at radius 1 is 1.50 bits per heavy atom. The number of hydrogen-bond donors (Lipinski definition) is 2. The highest BCUT2D eigenvalue weighted by molar-refractivity contribution is 7.99. The summed E-state index contributed by atoms with van der Waals surface area (Å²) in [6, 6.07) is 0.300. The van der Waals surface area contributed by atoms with Crippen LogP contribution < -0.4 is 5.32 Å². The molecule has 0 spiro atoms. The molecular formula is C10H13N3O2S. The Morgan fingerprint density at radius 2 is 2.31 bits per heavy atom. The quantitative estimate of drug-likeness (QED) is 0.832. The first-order chi connectivity index (χ1) is 7.77. The first-order valence-electron chi connectivity index (χ1n) is 5.16. The van der Waals surface area contributed by atoms with Crippen LogP contribution in [0.25, 0.3) is 0 Å². The van der Waals surface area contributed by atoms with E-state index in [4.69, 9.17) is 5.11 Å². The maximum atomic E-state index is 10.9. The van der Waals surface area contributed by atoms with E-state index in [1.807, 2.05) is 11.8 Å². The molecule has 2 rings (SSSR count). The van der Waals surface area contributed by atoms with Crippen LogP contribution in [-0.4, -0.2) is 38.6 Å². The van der Waals surface area contributed by atoms with Crippen LogP contribution in [0.15, 0.2) is 12.4 Å². The van der Waals surface area contributed by atoms with Crippen LogP contribution >= 0.6 is 11.8 Å². The van der Waals surface area contributed by atoms with E-state index in [9.17, 15) is 4.79 Å². The fourth-order valence-corrected chi connectivity index (χ4v) is 2.72. The molecule has 5 nitrogen and oxygen atoms in total. The standard InChI is InChI=1S/C10H13N3O2S/c14-10(15)8-9(12-4-3-11-8)13-7-2-1-5-16-6-7/h3-4,7H,1-2,5-6H2,(H,12,13)(H,14,15). The van der Waals surface area contributed by atoms with Crippen LogP contribution in [0.4, 0.5) is 5.82 Å². The molecule has 1 atom stereocenters. The van der Waals surface area contributed by atoms with Crippen LogP contribution in [-0.2, 0) is 0 Å². The summed E-state index contributed by atoms with van der Waals surface area (Å²) in [6.07, 6.45) is 5.11. The molecule has 16 heavy (non-hydrogen) atoms. The van der Waals surface area contributed by atoms with Crippen LogP contribution in [0.5, 0.6) is 0 Å². The number of hydrogen-bond acceptors (Lipinski definition) is 5. The highest BCUT2D eigenvalue weighted by atomic mass is 32.2. The van der Waals surface area contributed by atoms with Crippen molar-refractivity contribution >= 4 is 23.5 Å². The van der Waals surface area contributed by atoms with Crippen LogP contribution in [0.2, 0.25) is 0 Å². The van der Waals surface area contributed by atoms with Crippen molar-refractivity contribution in [2.75, 3.05) is 16.8 Å². The molecule has 1 aliphatic heterocycles. The van der Waals surface area contributed by atoms with Crippen LogP contribution in [0.3, 0.4) is 0 Å². The van der Waals surface area contributed by atoms with Gasteiger partial charge in [-0.15, -0.1) is 0 Å². The fraction of sp³-hybridized carbons (Fsp3) is 0.500. The van der Waals surface area contributed by atoms with E-state index in [0.717, 1.165) is 18.6 Å². The van der Waals surface area contributed by atoms with Crippen molar-refractivity contribution in [3.8, 4) is 0 Å². The van der Waals surface area contributed by atoms with Crippen molar-refractivity contribution < 1.29 is 9.90 Å². The van der Waals surface area contributed by atoms with Crippen molar-refractivity contribution in [3.05, 3.63) is 18.1 Å². The summed E-state index contributed by atoms with van der Waals surface area (Å²) in [4.78, 5) is 18.8. The third-order valence-electron chi connectivity index (χ3n) is 2.40. The lowest BCUT2D eigenvalue weighted by Crippen LogP contribution is -2.27. The van der Waals surface area contributed by atoms with E-state index < -0.39 is 5.97 Å². The van der Waals surface area contributed by atoms with Gasteiger partial charge in [-0.3, -0.25) is 0 Å². The maximum Gasteiger partial charge on any atom is 0.358 e. The number of thioether (sulfide) groups is 1. The SMILES string of the molecule is O=C(O)c1nccnc1NC1CCCSC1. The van der Waals surface area contributed by atoms with E-state index in [1.165, 1.54) is 18.1 Å². The third-order valence-corrected chi connectivity index (χ3v) is 3.62. The zero-order valence-corrected chi connectivity index (χ0v) is 9.54. The minimum absolute atomic E-state index is 0.00178. The summed E-state index contributed by atoms with van der Waals surface area (Å²) < 4.78 is 0.